The number of hydrogen-bond acceptors (Lipinski definition) is 9. The average molecular weight is 608 g/mol. The van der Waals surface area contributed by atoms with Crippen LogP contribution in [0.3, 0.4) is 0 Å². The number of nitrogens with zero attached hydrogens (tertiary/aromatic N) is 5. The Labute approximate surface area is 236 Å². The summed E-state index contributed by atoms with van der Waals surface area (Å²) in [6, 6.07) is 1.01. The number of halogens is 4. The van der Waals surface area contributed by atoms with Gasteiger partial charge in [0.15, 0.2) is 5.82 Å². The van der Waals surface area contributed by atoms with Crippen molar-refractivity contribution < 1.29 is 42.1 Å². The molecule has 2 aliphatic heterocycles. The molecule has 4 heterocycles. The second kappa shape index (κ2) is 11.6. The number of thiophene rings is 1. The summed E-state index contributed by atoms with van der Waals surface area (Å²) in [5, 5.41) is 14.1. The number of rotatable bonds is 7. The molecule has 0 spiro atoms. The monoisotopic (exact) mass is 607 g/mol. The summed E-state index contributed by atoms with van der Waals surface area (Å²) in [5.74, 6) is -7.73. The molecule has 11 nitrogen and oxygen atoms in total. The minimum absolute atomic E-state index is 0.104. The number of carboxylic acid groups (broad SMARTS) is 1. The van der Waals surface area contributed by atoms with Gasteiger partial charge in [0.05, 0.1) is 35.9 Å². The zero-order chi connectivity index (χ0) is 29.4. The fraction of sp³-hybridized carbons (Fsp3) is 0.625. The van der Waals surface area contributed by atoms with Crippen molar-refractivity contribution in [3.8, 4) is 6.01 Å². The molecule has 0 radical (unpaired) electrons. The Balaban J connectivity index is 1.71. The van der Waals surface area contributed by atoms with Crippen molar-refractivity contribution in [3.05, 3.63) is 27.2 Å². The van der Waals surface area contributed by atoms with E-state index in [9.17, 15) is 32.7 Å². The van der Waals surface area contributed by atoms with Crippen LogP contribution in [0.1, 0.15) is 42.2 Å². The van der Waals surface area contributed by atoms with Crippen LogP contribution in [0.5, 0.6) is 6.01 Å². The first kappa shape index (κ1) is 30.2. The van der Waals surface area contributed by atoms with Crippen molar-refractivity contribution in [3.63, 3.8) is 0 Å². The Hall–Kier alpha value is -2.75. The number of hydrogen-bond donors (Lipinski definition) is 1. The molecule has 1 amide bonds. The van der Waals surface area contributed by atoms with Crippen molar-refractivity contribution in [1.82, 2.24) is 24.6 Å². The molecule has 40 heavy (non-hydrogen) atoms. The van der Waals surface area contributed by atoms with Gasteiger partial charge in [0.1, 0.15) is 12.6 Å². The molecule has 3 atom stereocenters. The van der Waals surface area contributed by atoms with Gasteiger partial charge < -0.3 is 19.5 Å². The van der Waals surface area contributed by atoms with Gasteiger partial charge in [0, 0.05) is 29.9 Å². The summed E-state index contributed by atoms with van der Waals surface area (Å²) in [4.78, 5) is 45.9. The fourth-order valence-corrected chi connectivity index (χ4v) is 5.63. The Morgan fingerprint density at radius 1 is 1.20 bits per heavy atom. The van der Waals surface area contributed by atoms with Crippen LogP contribution in [0.15, 0.2) is 12.1 Å². The third-order valence-corrected chi connectivity index (χ3v) is 7.86. The molecule has 2 aromatic heterocycles. The van der Waals surface area contributed by atoms with Gasteiger partial charge in [-0.05, 0) is 12.1 Å². The molecular weight excluding hydrogens is 579 g/mol. The van der Waals surface area contributed by atoms with E-state index in [4.69, 9.17) is 21.1 Å². The first-order valence-electron chi connectivity index (χ1n) is 12.4. The number of morpholine rings is 1. The molecule has 220 valence electrons. The second-order valence-electron chi connectivity index (χ2n) is 10.6. The molecule has 2 aliphatic rings. The molecule has 16 heteroatoms. The number of carboxylic acids is 1. The van der Waals surface area contributed by atoms with Crippen molar-refractivity contribution in [2.24, 2.45) is 11.3 Å². The topological polar surface area (TPSA) is 127 Å². The van der Waals surface area contributed by atoms with Crippen LogP contribution in [0.2, 0.25) is 4.34 Å². The van der Waals surface area contributed by atoms with E-state index in [1.165, 1.54) is 11.3 Å². The highest BCUT2D eigenvalue weighted by molar-refractivity contribution is 7.16. The number of amides is 1. The summed E-state index contributed by atoms with van der Waals surface area (Å²) in [6.07, 6.45) is -4.89. The summed E-state index contributed by atoms with van der Waals surface area (Å²) >= 11 is 7.15. The number of alkyl halides is 3. The summed E-state index contributed by atoms with van der Waals surface area (Å²) < 4.78 is 55.1. The maximum atomic E-state index is 14.3. The van der Waals surface area contributed by atoms with E-state index < -0.39 is 59.6 Å². The zero-order valence-electron chi connectivity index (χ0n) is 22.0. The highest BCUT2D eigenvalue weighted by Gasteiger charge is 2.60. The van der Waals surface area contributed by atoms with Crippen LogP contribution < -0.4 is 4.74 Å². The van der Waals surface area contributed by atoms with E-state index in [1.807, 2.05) is 0 Å². The fourth-order valence-electron chi connectivity index (χ4n) is 4.63. The maximum absolute atomic E-state index is 14.3. The SMILES string of the molecule is CC(C)(C)C(=O)n1nc(C2C(C(=O)O)N(C(=O)CN3CCOCC3)CC2C(F)(F)F)nc1OCc1ccc(Cl)s1. The lowest BCUT2D eigenvalue weighted by atomic mass is 9.89. The zero-order valence-corrected chi connectivity index (χ0v) is 23.6. The molecule has 4 rings (SSSR count). The first-order chi connectivity index (χ1) is 18.7. The highest BCUT2D eigenvalue weighted by atomic mass is 35.5. The van der Waals surface area contributed by atoms with Crippen molar-refractivity contribution in [1.29, 1.82) is 0 Å². The smallest absolute Gasteiger partial charge is 0.394 e. The largest absolute Gasteiger partial charge is 0.480 e. The van der Waals surface area contributed by atoms with E-state index in [1.54, 1.807) is 37.8 Å². The van der Waals surface area contributed by atoms with E-state index in [0.29, 0.717) is 35.5 Å². The summed E-state index contributed by atoms with van der Waals surface area (Å²) in [7, 11) is 0. The molecule has 0 saturated carbocycles. The molecule has 2 fully saturated rings. The van der Waals surface area contributed by atoms with Crippen LogP contribution >= 0.6 is 22.9 Å². The molecule has 0 bridgehead atoms. The van der Waals surface area contributed by atoms with Crippen LogP contribution in [0.25, 0.3) is 0 Å². The molecular formula is C24H29ClF3N5O6S. The van der Waals surface area contributed by atoms with Crippen molar-refractivity contribution in [2.75, 3.05) is 39.4 Å². The molecule has 3 unspecified atom stereocenters. The van der Waals surface area contributed by atoms with Crippen LogP contribution in [0.4, 0.5) is 13.2 Å². The van der Waals surface area contributed by atoms with Gasteiger partial charge in [0.25, 0.3) is 5.91 Å². The molecule has 1 N–H and O–H groups in total. The third kappa shape index (κ3) is 6.58. The molecule has 2 saturated heterocycles. The lowest BCUT2D eigenvalue weighted by molar-refractivity contribution is -0.175. The van der Waals surface area contributed by atoms with Gasteiger partial charge in [-0.3, -0.25) is 14.5 Å². The minimum Gasteiger partial charge on any atom is -0.480 e. The number of likely N-dealkylation sites (tertiary alicyclic amines) is 1. The van der Waals surface area contributed by atoms with Gasteiger partial charge in [-0.25, -0.2) is 4.79 Å². The lowest BCUT2D eigenvalue weighted by Gasteiger charge is -2.29. The standard InChI is InChI=1S/C24H29ClF3N5O6S/c1-23(2,3)21(37)33-22(39-12-13-4-5-15(25)40-13)29-19(30-33)17-14(24(26,27)28)10-32(18(17)20(35)36)16(34)11-31-6-8-38-9-7-31/h4-5,14,17-18H,6-12H2,1-3H3,(H,35,36). The lowest BCUT2D eigenvalue weighted by Crippen LogP contribution is -2.49. The predicted molar refractivity (Wildman–Crippen MR) is 136 cm³/mol. The Bertz CT molecular complexity index is 1260. The summed E-state index contributed by atoms with van der Waals surface area (Å²) in [6.45, 7) is 4.99. The third-order valence-electron chi connectivity index (χ3n) is 6.66. The Morgan fingerprint density at radius 3 is 2.42 bits per heavy atom. The molecule has 0 aromatic carbocycles. The Morgan fingerprint density at radius 2 is 1.88 bits per heavy atom. The van der Waals surface area contributed by atoms with E-state index in [-0.39, 0.29) is 19.2 Å². The van der Waals surface area contributed by atoms with E-state index in [2.05, 4.69) is 10.1 Å². The van der Waals surface area contributed by atoms with Gasteiger partial charge >= 0.3 is 18.2 Å². The summed E-state index contributed by atoms with van der Waals surface area (Å²) in [5.41, 5.74) is -1.03. The Kier molecular flexibility index (Phi) is 8.78. The van der Waals surface area contributed by atoms with Gasteiger partial charge in [-0.1, -0.05) is 32.4 Å². The average Bonchev–Trinajstić information content (AvgIpc) is 3.58. The predicted octanol–water partition coefficient (Wildman–Crippen LogP) is 3.15. The number of aromatic nitrogens is 3. The number of carbonyl (C=O) groups excluding carboxylic acids is 2. The molecule has 0 aliphatic carbocycles. The van der Waals surface area contributed by atoms with Crippen LogP contribution in [-0.4, -0.2) is 99.1 Å². The molecule has 2 aromatic rings. The maximum Gasteiger partial charge on any atom is 0.394 e. The van der Waals surface area contributed by atoms with Gasteiger partial charge in [-0.15, -0.1) is 21.1 Å². The van der Waals surface area contributed by atoms with Crippen LogP contribution in [-0.2, 0) is 20.9 Å². The van der Waals surface area contributed by atoms with Gasteiger partial charge in [-0.2, -0.15) is 18.2 Å². The normalized spacial score (nSPS) is 22.5. The van der Waals surface area contributed by atoms with Crippen LogP contribution in [0, 0.1) is 11.3 Å². The number of aliphatic carboxylic acids is 1. The van der Waals surface area contributed by atoms with E-state index in [0.717, 1.165) is 9.58 Å². The van der Waals surface area contributed by atoms with E-state index >= 15 is 0 Å². The second-order valence-corrected chi connectivity index (χ2v) is 12.4. The minimum atomic E-state index is -4.89. The van der Waals surface area contributed by atoms with Crippen molar-refractivity contribution in [2.45, 2.75) is 45.5 Å². The highest BCUT2D eigenvalue weighted by Crippen LogP contribution is 2.46. The first-order valence-corrected chi connectivity index (χ1v) is 13.6. The number of ether oxygens (including phenoxy) is 2. The van der Waals surface area contributed by atoms with Crippen molar-refractivity contribution >= 4 is 40.7 Å². The quantitative estimate of drug-likeness (QED) is 0.505. The number of carbonyl (C=O) groups is 3. The van der Waals surface area contributed by atoms with Gasteiger partial charge in [0.2, 0.25) is 5.91 Å².